The summed E-state index contributed by atoms with van der Waals surface area (Å²) in [5.74, 6) is -0.807. The highest BCUT2D eigenvalue weighted by Gasteiger charge is 2.24. The smallest absolute Gasteiger partial charge is 0.251 e. The predicted molar refractivity (Wildman–Crippen MR) is 109 cm³/mol. The maximum atomic E-state index is 12.0. The topological polar surface area (TPSA) is 84.2 Å². The number of carbonyl (C=O) groups excluding carboxylic acids is 2. The van der Waals surface area contributed by atoms with Gasteiger partial charge in [0.15, 0.2) is 5.11 Å². The lowest BCUT2D eigenvalue weighted by molar-refractivity contribution is -0.115. The van der Waals surface area contributed by atoms with Gasteiger partial charge in [0.05, 0.1) is 5.56 Å². The van der Waals surface area contributed by atoms with E-state index in [1.165, 1.54) is 22.3 Å². The third-order valence-corrected chi connectivity index (χ3v) is 5.52. The second-order valence-electron chi connectivity index (χ2n) is 5.97. The molecule has 4 N–H and O–H groups in total. The molecule has 0 aliphatic heterocycles. The molecule has 26 heavy (non-hydrogen) atoms. The first kappa shape index (κ1) is 18.3. The van der Waals surface area contributed by atoms with Gasteiger partial charge >= 0.3 is 0 Å². The summed E-state index contributed by atoms with van der Waals surface area (Å²) in [6.07, 6.45) is 7.07. The fourth-order valence-electron chi connectivity index (χ4n) is 2.94. The average molecular weight is 386 g/mol. The summed E-state index contributed by atoms with van der Waals surface area (Å²) in [6, 6.07) is 9.50. The molecule has 5 nitrogen and oxygen atoms in total. The SMILES string of the molecule is NC(=O)c1c(NC(=S)NC(=O)C=Cc2ccccc2)sc2c1CCCC2. The van der Waals surface area contributed by atoms with Crippen LogP contribution in [0.4, 0.5) is 5.00 Å². The van der Waals surface area contributed by atoms with Gasteiger partial charge in [-0.05, 0) is 55.1 Å². The number of nitrogens with two attached hydrogens (primary N) is 1. The molecule has 134 valence electrons. The monoisotopic (exact) mass is 385 g/mol. The number of benzene rings is 1. The zero-order chi connectivity index (χ0) is 18.5. The van der Waals surface area contributed by atoms with Crippen LogP contribution in [-0.2, 0) is 17.6 Å². The number of carbonyl (C=O) groups is 2. The lowest BCUT2D eigenvalue weighted by atomic mass is 9.95. The van der Waals surface area contributed by atoms with E-state index in [1.54, 1.807) is 6.08 Å². The number of hydrogen-bond acceptors (Lipinski definition) is 4. The van der Waals surface area contributed by atoms with Gasteiger partial charge in [0, 0.05) is 11.0 Å². The maximum absolute atomic E-state index is 12.0. The van der Waals surface area contributed by atoms with Gasteiger partial charge in [-0.2, -0.15) is 0 Å². The highest BCUT2D eigenvalue weighted by molar-refractivity contribution is 7.80. The van der Waals surface area contributed by atoms with E-state index in [0.29, 0.717) is 10.6 Å². The Hall–Kier alpha value is -2.51. The second kappa shape index (κ2) is 8.25. The molecule has 2 amide bonds. The molecule has 0 fully saturated rings. The molecule has 0 unspecified atom stereocenters. The Morgan fingerprint density at radius 1 is 1.15 bits per heavy atom. The first-order chi connectivity index (χ1) is 12.5. The van der Waals surface area contributed by atoms with E-state index in [-0.39, 0.29) is 11.0 Å². The van der Waals surface area contributed by atoms with Crippen LogP contribution in [0.25, 0.3) is 6.08 Å². The van der Waals surface area contributed by atoms with E-state index in [9.17, 15) is 9.59 Å². The Labute approximate surface area is 161 Å². The Morgan fingerprint density at radius 3 is 2.62 bits per heavy atom. The van der Waals surface area contributed by atoms with Crippen molar-refractivity contribution in [2.45, 2.75) is 25.7 Å². The Bertz CT molecular complexity index is 872. The van der Waals surface area contributed by atoms with E-state index in [1.807, 2.05) is 30.3 Å². The molecule has 0 spiro atoms. The number of aryl methyl sites for hydroxylation is 1. The molecule has 1 aliphatic rings. The summed E-state index contributed by atoms with van der Waals surface area (Å²) in [5, 5.41) is 6.32. The summed E-state index contributed by atoms with van der Waals surface area (Å²) in [5.41, 5.74) is 8.00. The van der Waals surface area contributed by atoms with Crippen molar-refractivity contribution in [1.29, 1.82) is 0 Å². The maximum Gasteiger partial charge on any atom is 0.251 e. The fourth-order valence-corrected chi connectivity index (χ4v) is 4.50. The van der Waals surface area contributed by atoms with Crippen LogP contribution in [0.3, 0.4) is 0 Å². The molecule has 0 atom stereocenters. The number of primary amides is 1. The lowest BCUT2D eigenvalue weighted by Gasteiger charge is -2.11. The predicted octanol–water partition coefficient (Wildman–Crippen LogP) is 3.25. The van der Waals surface area contributed by atoms with Gasteiger partial charge in [-0.1, -0.05) is 30.3 Å². The van der Waals surface area contributed by atoms with Crippen LogP contribution in [0.5, 0.6) is 0 Å². The normalized spacial score (nSPS) is 13.2. The zero-order valence-electron chi connectivity index (χ0n) is 14.1. The van der Waals surface area contributed by atoms with Crippen molar-refractivity contribution in [3.63, 3.8) is 0 Å². The first-order valence-corrected chi connectivity index (χ1v) is 9.56. The van der Waals surface area contributed by atoms with Crippen LogP contribution in [0.2, 0.25) is 0 Å². The average Bonchev–Trinajstić information content (AvgIpc) is 2.98. The number of anilines is 1. The van der Waals surface area contributed by atoms with E-state index < -0.39 is 5.91 Å². The van der Waals surface area contributed by atoms with E-state index in [0.717, 1.165) is 36.8 Å². The van der Waals surface area contributed by atoms with Crippen molar-refractivity contribution in [3.05, 3.63) is 58.0 Å². The van der Waals surface area contributed by atoms with Crippen LogP contribution < -0.4 is 16.4 Å². The van der Waals surface area contributed by atoms with E-state index >= 15 is 0 Å². The van der Waals surface area contributed by atoms with Gasteiger partial charge in [0.1, 0.15) is 5.00 Å². The van der Waals surface area contributed by atoms with Gasteiger partial charge in [0.25, 0.3) is 5.91 Å². The molecule has 1 heterocycles. The number of fused-ring (bicyclic) bond motifs is 1. The first-order valence-electron chi connectivity index (χ1n) is 8.34. The molecule has 1 aliphatic carbocycles. The largest absolute Gasteiger partial charge is 0.365 e. The van der Waals surface area contributed by atoms with E-state index in [4.69, 9.17) is 18.0 Å². The van der Waals surface area contributed by atoms with Crippen molar-refractivity contribution in [1.82, 2.24) is 5.32 Å². The minimum atomic E-state index is -0.468. The summed E-state index contributed by atoms with van der Waals surface area (Å²) in [6.45, 7) is 0. The third kappa shape index (κ3) is 4.36. The molecule has 0 radical (unpaired) electrons. The van der Waals surface area contributed by atoms with Crippen LogP contribution >= 0.6 is 23.6 Å². The molecule has 0 saturated heterocycles. The van der Waals surface area contributed by atoms with Crippen molar-refractivity contribution < 1.29 is 9.59 Å². The van der Waals surface area contributed by atoms with Crippen LogP contribution in [0.1, 0.15) is 39.2 Å². The van der Waals surface area contributed by atoms with E-state index in [2.05, 4.69) is 10.6 Å². The molecular formula is C19H19N3O2S2. The quantitative estimate of drug-likeness (QED) is 0.557. The van der Waals surface area contributed by atoms with Gasteiger partial charge < -0.3 is 11.1 Å². The number of thiocarbonyl (C=S) groups is 1. The van der Waals surface area contributed by atoms with Crippen LogP contribution in [0.15, 0.2) is 36.4 Å². The molecule has 7 heteroatoms. The molecular weight excluding hydrogens is 366 g/mol. The molecule has 3 rings (SSSR count). The van der Waals surface area contributed by atoms with Crippen molar-refractivity contribution in [2.24, 2.45) is 5.73 Å². The summed E-state index contributed by atoms with van der Waals surface area (Å²) in [7, 11) is 0. The second-order valence-corrected chi connectivity index (χ2v) is 7.48. The van der Waals surface area contributed by atoms with Crippen LogP contribution in [0, 0.1) is 0 Å². The standard InChI is InChI=1S/C19H19N3O2S2/c20-17(24)16-13-8-4-5-9-14(13)26-18(16)22-19(25)21-15(23)11-10-12-6-2-1-3-7-12/h1-3,6-7,10-11H,4-5,8-9H2,(H2,20,24)(H2,21,22,23,25). The van der Waals surface area contributed by atoms with Crippen molar-refractivity contribution in [2.75, 3.05) is 5.32 Å². The number of amides is 2. The summed E-state index contributed by atoms with van der Waals surface area (Å²) >= 11 is 6.69. The third-order valence-electron chi connectivity index (χ3n) is 4.11. The van der Waals surface area contributed by atoms with Gasteiger partial charge in [-0.3, -0.25) is 14.9 Å². The zero-order valence-corrected chi connectivity index (χ0v) is 15.7. The minimum Gasteiger partial charge on any atom is -0.365 e. The Morgan fingerprint density at radius 2 is 1.88 bits per heavy atom. The highest BCUT2D eigenvalue weighted by atomic mass is 32.1. The molecule has 0 bridgehead atoms. The Balaban J connectivity index is 1.66. The van der Waals surface area contributed by atoms with Gasteiger partial charge in [-0.15, -0.1) is 11.3 Å². The molecule has 1 aromatic carbocycles. The summed E-state index contributed by atoms with van der Waals surface area (Å²) in [4.78, 5) is 25.1. The molecule has 2 aromatic rings. The fraction of sp³-hybridized carbons (Fsp3) is 0.211. The summed E-state index contributed by atoms with van der Waals surface area (Å²) < 4.78 is 0. The Kier molecular flexibility index (Phi) is 5.80. The number of nitrogens with one attached hydrogen (secondary N) is 2. The number of rotatable bonds is 4. The van der Waals surface area contributed by atoms with Crippen molar-refractivity contribution >= 4 is 51.6 Å². The van der Waals surface area contributed by atoms with Gasteiger partial charge in [-0.25, -0.2) is 0 Å². The van der Waals surface area contributed by atoms with Crippen LogP contribution in [-0.4, -0.2) is 16.9 Å². The highest BCUT2D eigenvalue weighted by Crippen LogP contribution is 2.37. The lowest BCUT2D eigenvalue weighted by Crippen LogP contribution is -2.33. The molecule has 1 aromatic heterocycles. The minimum absolute atomic E-state index is 0.147. The number of hydrogen-bond donors (Lipinski definition) is 3. The van der Waals surface area contributed by atoms with Crippen molar-refractivity contribution in [3.8, 4) is 0 Å². The van der Waals surface area contributed by atoms with Gasteiger partial charge in [0.2, 0.25) is 5.91 Å². The number of thiophene rings is 1. The molecule has 0 saturated carbocycles.